The summed E-state index contributed by atoms with van der Waals surface area (Å²) in [5.74, 6) is 0. The number of aryl methyl sites for hydroxylation is 1. The highest BCUT2D eigenvalue weighted by molar-refractivity contribution is 9.10. The Morgan fingerprint density at radius 2 is 2.29 bits per heavy atom. The Hall–Kier alpha value is -1.83. The van der Waals surface area contributed by atoms with Gasteiger partial charge < -0.3 is 9.84 Å². The van der Waals surface area contributed by atoms with Gasteiger partial charge in [0.25, 0.3) is 5.56 Å². The highest BCUT2D eigenvalue weighted by Gasteiger charge is 2.27. The normalized spacial score (nSPS) is 21.5. The molecule has 0 radical (unpaired) electrons. The molecule has 0 amide bonds. The molecular weight excluding hydrogens is 374 g/mol. The SMILES string of the molecule is C[n+]1cccc2c(Br)cc3c(=O)n([C@H]4CCOC[C@@H]4O)cnc3c21. The molecule has 1 aliphatic rings. The number of hydrogen-bond donors (Lipinski definition) is 1. The van der Waals surface area contributed by atoms with Gasteiger partial charge in [-0.05, 0) is 34.5 Å². The number of ether oxygens (including phenoxy) is 1. The smallest absolute Gasteiger partial charge is 0.261 e. The summed E-state index contributed by atoms with van der Waals surface area (Å²) in [6.07, 6.45) is 3.38. The molecule has 0 spiro atoms. The van der Waals surface area contributed by atoms with Gasteiger partial charge in [0, 0.05) is 17.1 Å². The van der Waals surface area contributed by atoms with Gasteiger partial charge in [0.05, 0.1) is 35.9 Å². The number of aliphatic hydroxyl groups excluding tert-OH is 1. The van der Waals surface area contributed by atoms with Crippen LogP contribution in [0.3, 0.4) is 0 Å². The summed E-state index contributed by atoms with van der Waals surface area (Å²) in [7, 11) is 1.93. The first-order valence-corrected chi connectivity index (χ1v) is 8.61. The first kappa shape index (κ1) is 15.7. The van der Waals surface area contributed by atoms with Crippen LogP contribution in [0.2, 0.25) is 0 Å². The van der Waals surface area contributed by atoms with E-state index in [4.69, 9.17) is 4.74 Å². The van der Waals surface area contributed by atoms with E-state index in [1.807, 2.05) is 36.0 Å². The zero-order valence-electron chi connectivity index (χ0n) is 13.1. The Kier molecular flexibility index (Phi) is 3.86. The number of aliphatic hydroxyl groups is 1. The van der Waals surface area contributed by atoms with E-state index in [1.165, 1.54) is 4.57 Å². The molecule has 4 rings (SSSR count). The third-order valence-electron chi connectivity index (χ3n) is 4.61. The largest absolute Gasteiger partial charge is 0.389 e. The van der Waals surface area contributed by atoms with Gasteiger partial charge in [0.1, 0.15) is 12.6 Å². The molecule has 1 saturated heterocycles. The van der Waals surface area contributed by atoms with Gasteiger partial charge in [-0.2, -0.15) is 4.57 Å². The first-order valence-electron chi connectivity index (χ1n) is 7.81. The molecule has 124 valence electrons. The van der Waals surface area contributed by atoms with Crippen LogP contribution in [0.15, 0.2) is 40.0 Å². The summed E-state index contributed by atoms with van der Waals surface area (Å²) in [4.78, 5) is 17.6. The van der Waals surface area contributed by atoms with Crippen LogP contribution in [0.4, 0.5) is 0 Å². The molecule has 1 aromatic carbocycles. The van der Waals surface area contributed by atoms with E-state index >= 15 is 0 Å². The fourth-order valence-corrected chi connectivity index (χ4v) is 3.93. The Morgan fingerprint density at radius 1 is 1.46 bits per heavy atom. The van der Waals surface area contributed by atoms with Gasteiger partial charge in [-0.15, -0.1) is 0 Å². The van der Waals surface area contributed by atoms with Crippen molar-refractivity contribution < 1.29 is 14.4 Å². The number of rotatable bonds is 1. The third kappa shape index (κ3) is 2.35. The average Bonchev–Trinajstić information content (AvgIpc) is 2.57. The predicted molar refractivity (Wildman–Crippen MR) is 92.9 cm³/mol. The molecule has 0 saturated carbocycles. The fourth-order valence-electron chi connectivity index (χ4n) is 3.38. The fraction of sp³-hybridized carbons (Fsp3) is 0.353. The van der Waals surface area contributed by atoms with E-state index in [0.29, 0.717) is 23.9 Å². The van der Waals surface area contributed by atoms with Gasteiger partial charge in [-0.1, -0.05) is 0 Å². The highest BCUT2D eigenvalue weighted by atomic mass is 79.9. The minimum Gasteiger partial charge on any atom is -0.389 e. The van der Waals surface area contributed by atoms with Crippen LogP contribution in [-0.4, -0.2) is 34.0 Å². The summed E-state index contributed by atoms with van der Waals surface area (Å²) in [5, 5.41) is 11.7. The lowest BCUT2D eigenvalue weighted by Crippen LogP contribution is -2.39. The van der Waals surface area contributed by atoms with E-state index in [-0.39, 0.29) is 18.2 Å². The van der Waals surface area contributed by atoms with Crippen LogP contribution < -0.4 is 10.1 Å². The average molecular weight is 391 g/mol. The van der Waals surface area contributed by atoms with E-state index in [0.717, 1.165) is 15.4 Å². The molecule has 2 aromatic heterocycles. The van der Waals surface area contributed by atoms with E-state index in [1.54, 1.807) is 6.33 Å². The lowest BCUT2D eigenvalue weighted by atomic mass is 10.1. The second-order valence-corrected chi connectivity index (χ2v) is 6.95. The van der Waals surface area contributed by atoms with Crippen LogP contribution in [0, 0.1) is 0 Å². The Bertz CT molecular complexity index is 1000. The minimum absolute atomic E-state index is 0.141. The lowest BCUT2D eigenvalue weighted by molar-refractivity contribution is -0.644. The van der Waals surface area contributed by atoms with Crippen LogP contribution in [-0.2, 0) is 11.8 Å². The Labute approximate surface area is 146 Å². The summed E-state index contributed by atoms with van der Waals surface area (Å²) in [6, 6.07) is 5.46. The van der Waals surface area contributed by atoms with Gasteiger partial charge in [-0.25, -0.2) is 4.98 Å². The molecule has 3 aromatic rings. The number of hydrogen-bond acceptors (Lipinski definition) is 4. The number of nitrogens with zero attached hydrogens (tertiary/aromatic N) is 3. The molecule has 2 atom stereocenters. The van der Waals surface area contributed by atoms with Crippen molar-refractivity contribution in [3.8, 4) is 0 Å². The Balaban J connectivity index is 2.02. The standard InChI is InChI=1S/C17H17BrN3O3/c1-20-5-2-3-10-12(18)7-11-15(16(10)20)19-9-21(17(11)23)13-4-6-24-8-14(13)22/h2-3,5,7,9,13-14,22H,4,6,8H2,1H3/q+1/t13-,14-/m0/s1. The summed E-state index contributed by atoms with van der Waals surface area (Å²) < 4.78 is 9.61. The molecule has 1 fully saturated rings. The van der Waals surface area contributed by atoms with Gasteiger partial charge in [0.15, 0.2) is 6.20 Å². The van der Waals surface area contributed by atoms with Crippen LogP contribution in [0.5, 0.6) is 0 Å². The maximum atomic E-state index is 13.0. The molecule has 0 unspecified atom stereocenters. The van der Waals surface area contributed by atoms with Crippen LogP contribution >= 0.6 is 15.9 Å². The van der Waals surface area contributed by atoms with Gasteiger partial charge in [0.2, 0.25) is 5.52 Å². The number of benzene rings is 1. The van der Waals surface area contributed by atoms with Crippen molar-refractivity contribution in [3.05, 3.63) is 45.5 Å². The van der Waals surface area contributed by atoms with Gasteiger partial charge in [-0.3, -0.25) is 9.36 Å². The van der Waals surface area contributed by atoms with Crippen molar-refractivity contribution in [2.45, 2.75) is 18.6 Å². The zero-order chi connectivity index (χ0) is 16.8. The van der Waals surface area contributed by atoms with E-state index in [9.17, 15) is 9.90 Å². The lowest BCUT2D eigenvalue weighted by Gasteiger charge is -2.29. The van der Waals surface area contributed by atoms with E-state index < -0.39 is 6.10 Å². The maximum Gasteiger partial charge on any atom is 0.261 e. The van der Waals surface area contributed by atoms with Gasteiger partial charge >= 0.3 is 0 Å². The highest BCUT2D eigenvalue weighted by Crippen LogP contribution is 2.28. The van der Waals surface area contributed by atoms with Crippen molar-refractivity contribution in [1.82, 2.24) is 9.55 Å². The van der Waals surface area contributed by atoms with Crippen LogP contribution in [0.25, 0.3) is 21.8 Å². The summed E-state index contributed by atoms with van der Waals surface area (Å²) >= 11 is 3.56. The number of pyridine rings is 1. The molecule has 1 aliphatic heterocycles. The molecule has 0 bridgehead atoms. The number of halogens is 1. The molecule has 3 heterocycles. The molecular formula is C17H17BrN3O3+. The molecule has 24 heavy (non-hydrogen) atoms. The molecule has 0 aliphatic carbocycles. The third-order valence-corrected chi connectivity index (χ3v) is 5.27. The van der Waals surface area contributed by atoms with Crippen LogP contribution in [0.1, 0.15) is 12.5 Å². The molecule has 6 nitrogen and oxygen atoms in total. The van der Waals surface area contributed by atoms with Crippen molar-refractivity contribution in [3.63, 3.8) is 0 Å². The predicted octanol–water partition coefficient (Wildman–Crippen LogP) is 1.46. The quantitative estimate of drug-likeness (QED) is 0.504. The maximum absolute atomic E-state index is 13.0. The Morgan fingerprint density at radius 3 is 3.08 bits per heavy atom. The van der Waals surface area contributed by atoms with Crippen molar-refractivity contribution in [2.75, 3.05) is 13.2 Å². The second kappa shape index (κ2) is 5.91. The first-order chi connectivity index (χ1) is 11.6. The van der Waals surface area contributed by atoms with Crippen molar-refractivity contribution in [1.29, 1.82) is 0 Å². The summed E-state index contributed by atoms with van der Waals surface area (Å²) in [6.45, 7) is 0.772. The number of aromatic nitrogens is 3. The number of fused-ring (bicyclic) bond motifs is 3. The monoisotopic (exact) mass is 390 g/mol. The van der Waals surface area contributed by atoms with Crippen molar-refractivity contribution in [2.24, 2.45) is 7.05 Å². The second-order valence-electron chi connectivity index (χ2n) is 6.09. The molecule has 1 N–H and O–H groups in total. The van der Waals surface area contributed by atoms with E-state index in [2.05, 4.69) is 20.9 Å². The summed E-state index contributed by atoms with van der Waals surface area (Å²) in [5.41, 5.74) is 1.43. The topological polar surface area (TPSA) is 68.2 Å². The minimum atomic E-state index is -0.698. The molecule has 7 heteroatoms. The van der Waals surface area contributed by atoms with Crippen molar-refractivity contribution >= 4 is 37.7 Å². The zero-order valence-corrected chi connectivity index (χ0v) is 14.7.